The lowest BCUT2D eigenvalue weighted by Gasteiger charge is -2.15. The Morgan fingerprint density at radius 3 is 1.64 bits per heavy atom. The van der Waals surface area contributed by atoms with Gasteiger partial charge in [0.2, 0.25) is 0 Å². The Bertz CT molecular complexity index is 3500. The van der Waals surface area contributed by atoms with Gasteiger partial charge in [0.1, 0.15) is 0 Å². The fourth-order valence-electron chi connectivity index (χ4n) is 9.06. The van der Waals surface area contributed by atoms with Crippen LogP contribution in [0.2, 0.25) is 0 Å². The maximum atomic E-state index is 5.46. The van der Waals surface area contributed by atoms with Gasteiger partial charge in [-0.1, -0.05) is 164 Å². The average Bonchev–Trinajstić information content (AvgIpc) is 3.66. The van der Waals surface area contributed by atoms with Crippen molar-refractivity contribution in [2.75, 3.05) is 0 Å². The van der Waals surface area contributed by atoms with Crippen molar-refractivity contribution in [1.82, 2.24) is 14.5 Å². The Hall–Kier alpha value is -7.88. The van der Waals surface area contributed by atoms with Crippen molar-refractivity contribution in [2.24, 2.45) is 0 Å². The van der Waals surface area contributed by atoms with E-state index in [2.05, 4.69) is 217 Å². The molecule has 12 rings (SSSR count). The molecule has 0 aliphatic carbocycles. The minimum atomic E-state index is 0.924. The number of benzene rings is 9. The summed E-state index contributed by atoms with van der Waals surface area (Å²) in [5.41, 5.74) is 12.8. The Balaban J connectivity index is 1.07. The normalized spacial score (nSPS) is 11.7. The molecule has 9 aromatic carbocycles. The third-order valence-electron chi connectivity index (χ3n) is 11.9. The van der Waals surface area contributed by atoms with E-state index in [-0.39, 0.29) is 0 Å². The predicted octanol–water partition coefficient (Wildman–Crippen LogP) is 14.9. The van der Waals surface area contributed by atoms with Crippen LogP contribution in [-0.2, 0) is 0 Å². The standard InChI is InChI=1S/C56H35N3/c1-2-16-45(17-3-1)59-53-21-11-9-19-47(53)49-31-30-48-46-18-8-10-20-50(46)58-55(54(48)56(49)59)39-26-24-38(25-27-39)51-34-44(42-28-22-36-12-4-6-14-40(36)32-42)35-52(57-51)43-29-23-37-13-5-7-15-41(37)33-43/h1-35H. The first-order valence-electron chi connectivity index (χ1n) is 20.1. The van der Waals surface area contributed by atoms with Crippen LogP contribution in [0, 0.1) is 0 Å². The topological polar surface area (TPSA) is 30.7 Å². The highest BCUT2D eigenvalue weighted by Gasteiger charge is 2.20. The van der Waals surface area contributed by atoms with Gasteiger partial charge in [-0.2, -0.15) is 0 Å². The highest BCUT2D eigenvalue weighted by atomic mass is 15.0. The van der Waals surface area contributed by atoms with Gasteiger partial charge < -0.3 is 4.57 Å². The fraction of sp³-hybridized carbons (Fsp3) is 0. The number of fused-ring (bicyclic) bond motifs is 9. The van der Waals surface area contributed by atoms with Gasteiger partial charge in [-0.25, -0.2) is 9.97 Å². The van der Waals surface area contributed by atoms with Gasteiger partial charge in [-0.05, 0) is 86.6 Å². The monoisotopic (exact) mass is 749 g/mol. The van der Waals surface area contributed by atoms with Crippen LogP contribution in [0.3, 0.4) is 0 Å². The molecule has 59 heavy (non-hydrogen) atoms. The average molecular weight is 750 g/mol. The Morgan fingerprint density at radius 2 is 0.881 bits per heavy atom. The molecule has 0 aliphatic rings. The van der Waals surface area contributed by atoms with Gasteiger partial charge in [0.15, 0.2) is 0 Å². The number of pyridine rings is 2. The van der Waals surface area contributed by atoms with E-state index in [4.69, 9.17) is 9.97 Å². The van der Waals surface area contributed by atoms with Crippen molar-refractivity contribution < 1.29 is 0 Å². The molecule has 0 saturated heterocycles. The van der Waals surface area contributed by atoms with E-state index in [9.17, 15) is 0 Å². The van der Waals surface area contributed by atoms with Crippen LogP contribution < -0.4 is 0 Å². The molecule has 0 spiro atoms. The van der Waals surface area contributed by atoms with E-state index >= 15 is 0 Å². The molecule has 0 unspecified atom stereocenters. The summed E-state index contributed by atoms with van der Waals surface area (Å²) in [5.74, 6) is 0. The first-order valence-corrected chi connectivity index (χ1v) is 20.1. The molecule has 0 radical (unpaired) electrons. The van der Waals surface area contributed by atoms with Crippen LogP contribution in [0.15, 0.2) is 212 Å². The summed E-state index contributed by atoms with van der Waals surface area (Å²) < 4.78 is 2.41. The number of hydrogen-bond acceptors (Lipinski definition) is 2. The number of hydrogen-bond donors (Lipinski definition) is 0. The molecular weight excluding hydrogens is 715 g/mol. The van der Waals surface area contributed by atoms with Crippen molar-refractivity contribution in [1.29, 1.82) is 0 Å². The molecule has 0 atom stereocenters. The lowest BCUT2D eigenvalue weighted by Crippen LogP contribution is -1.97. The van der Waals surface area contributed by atoms with Gasteiger partial charge in [0, 0.05) is 43.9 Å². The summed E-state index contributed by atoms with van der Waals surface area (Å²) >= 11 is 0. The van der Waals surface area contributed by atoms with Gasteiger partial charge in [0.05, 0.1) is 33.6 Å². The summed E-state index contributed by atoms with van der Waals surface area (Å²) in [6.07, 6.45) is 0. The maximum absolute atomic E-state index is 5.46. The number of rotatable bonds is 5. The minimum Gasteiger partial charge on any atom is -0.309 e. The Kier molecular flexibility index (Phi) is 7.54. The van der Waals surface area contributed by atoms with E-state index in [1.54, 1.807) is 0 Å². The van der Waals surface area contributed by atoms with E-state index in [1.807, 2.05) is 0 Å². The third kappa shape index (κ3) is 5.51. The molecule has 0 amide bonds. The van der Waals surface area contributed by atoms with Crippen LogP contribution in [-0.4, -0.2) is 14.5 Å². The van der Waals surface area contributed by atoms with Crippen molar-refractivity contribution in [3.05, 3.63) is 212 Å². The van der Waals surface area contributed by atoms with Crippen molar-refractivity contribution in [3.63, 3.8) is 0 Å². The lowest BCUT2D eigenvalue weighted by atomic mass is 9.95. The fourth-order valence-corrected chi connectivity index (χ4v) is 9.06. The molecule has 3 nitrogen and oxygen atoms in total. The smallest absolute Gasteiger partial charge is 0.0809 e. The predicted molar refractivity (Wildman–Crippen MR) is 248 cm³/mol. The lowest BCUT2D eigenvalue weighted by molar-refractivity contribution is 1.19. The second-order valence-corrected chi connectivity index (χ2v) is 15.4. The van der Waals surface area contributed by atoms with E-state index in [0.29, 0.717) is 0 Å². The van der Waals surface area contributed by atoms with E-state index < -0.39 is 0 Å². The minimum absolute atomic E-state index is 0.924. The van der Waals surface area contributed by atoms with Gasteiger partial charge in [0.25, 0.3) is 0 Å². The summed E-state index contributed by atoms with van der Waals surface area (Å²) in [6.45, 7) is 0. The zero-order chi connectivity index (χ0) is 38.9. The quantitative estimate of drug-likeness (QED) is 0.164. The first-order chi connectivity index (χ1) is 29.2. The van der Waals surface area contributed by atoms with E-state index in [1.165, 1.54) is 43.2 Å². The highest BCUT2D eigenvalue weighted by Crippen LogP contribution is 2.43. The van der Waals surface area contributed by atoms with Crippen LogP contribution in [0.1, 0.15) is 0 Å². The molecule has 0 aliphatic heterocycles. The number of para-hydroxylation sites is 3. The van der Waals surface area contributed by atoms with Crippen LogP contribution in [0.25, 0.3) is 116 Å². The summed E-state index contributed by atoms with van der Waals surface area (Å²) in [4.78, 5) is 10.8. The number of aromatic nitrogens is 3. The summed E-state index contributed by atoms with van der Waals surface area (Å²) in [6, 6.07) is 76.2. The van der Waals surface area contributed by atoms with Crippen LogP contribution in [0.4, 0.5) is 0 Å². The summed E-state index contributed by atoms with van der Waals surface area (Å²) in [5, 5.41) is 10.8. The maximum Gasteiger partial charge on any atom is 0.0809 e. The van der Waals surface area contributed by atoms with Crippen molar-refractivity contribution in [2.45, 2.75) is 0 Å². The molecule has 0 saturated carbocycles. The molecule has 12 aromatic rings. The van der Waals surface area contributed by atoms with Gasteiger partial charge in [-0.15, -0.1) is 0 Å². The molecular formula is C56H35N3. The largest absolute Gasteiger partial charge is 0.309 e. The second-order valence-electron chi connectivity index (χ2n) is 15.4. The molecule has 274 valence electrons. The zero-order valence-electron chi connectivity index (χ0n) is 32.0. The highest BCUT2D eigenvalue weighted by molar-refractivity contribution is 6.25. The molecule has 3 aromatic heterocycles. The Morgan fingerprint density at radius 1 is 0.322 bits per heavy atom. The second kappa shape index (κ2) is 13.4. The zero-order valence-corrected chi connectivity index (χ0v) is 32.0. The van der Waals surface area contributed by atoms with Gasteiger partial charge in [-0.3, -0.25) is 0 Å². The van der Waals surface area contributed by atoms with Crippen molar-refractivity contribution in [3.8, 4) is 50.6 Å². The Labute approximate surface area is 341 Å². The van der Waals surface area contributed by atoms with Gasteiger partial charge >= 0.3 is 0 Å². The molecule has 0 fully saturated rings. The van der Waals surface area contributed by atoms with E-state index in [0.717, 1.165) is 72.4 Å². The molecule has 0 N–H and O–H groups in total. The molecule has 0 bridgehead atoms. The number of nitrogens with zero attached hydrogens (tertiary/aromatic N) is 3. The van der Waals surface area contributed by atoms with Crippen LogP contribution >= 0.6 is 0 Å². The first kappa shape index (κ1) is 33.3. The SMILES string of the molecule is c1ccc(-n2c3ccccc3c3ccc4c5ccccc5nc(-c5ccc(-c6cc(-c7ccc8ccccc8c7)cc(-c7ccc8ccccc8c7)n6)cc5)c4c32)cc1. The van der Waals surface area contributed by atoms with Crippen molar-refractivity contribution >= 4 is 65.0 Å². The summed E-state index contributed by atoms with van der Waals surface area (Å²) in [7, 11) is 0. The third-order valence-corrected chi connectivity index (χ3v) is 11.9. The van der Waals surface area contributed by atoms with Crippen LogP contribution in [0.5, 0.6) is 0 Å². The molecule has 3 heteroatoms. The molecule has 3 heterocycles.